The predicted molar refractivity (Wildman–Crippen MR) is 328 cm³/mol. The number of aliphatic hydroxyl groups excluding tert-OH is 2. The minimum Gasteiger partial charge on any atom is -0.444 e. The lowest BCUT2D eigenvalue weighted by atomic mass is 9.92. The molecule has 0 radical (unpaired) electrons. The first-order valence-electron chi connectivity index (χ1n) is 28.8. The molecule has 6 aromatic carbocycles. The van der Waals surface area contributed by atoms with Crippen molar-refractivity contribution in [3.8, 4) is 22.3 Å². The molecule has 6 atom stereocenters. The van der Waals surface area contributed by atoms with Gasteiger partial charge in [-0.1, -0.05) is 170 Å². The van der Waals surface area contributed by atoms with E-state index in [0.717, 1.165) is 44.5 Å². The summed E-state index contributed by atoms with van der Waals surface area (Å²) in [5, 5.41) is 26.1. The van der Waals surface area contributed by atoms with E-state index in [9.17, 15) is 43.8 Å². The zero-order valence-electron chi connectivity index (χ0n) is 50.6. The molecule has 2 fully saturated rings. The average molecular weight is 1180 g/mol. The minimum absolute atomic E-state index is 0.186. The molecule has 0 spiro atoms. The predicted octanol–water partition coefficient (Wildman–Crippen LogP) is 8.74. The van der Waals surface area contributed by atoms with Gasteiger partial charge in [0.25, 0.3) is 0 Å². The number of rotatable bonds is 15. The average Bonchev–Trinajstić information content (AvgIpc) is 1.16. The lowest BCUT2D eigenvalue weighted by Crippen LogP contribution is -2.66. The molecule has 0 bridgehead atoms. The van der Waals surface area contributed by atoms with Crippen molar-refractivity contribution in [2.75, 3.05) is 26.2 Å². The molecule has 18 nitrogen and oxygen atoms in total. The van der Waals surface area contributed by atoms with Gasteiger partial charge in [-0.25, -0.2) is 9.59 Å². The van der Waals surface area contributed by atoms with Crippen LogP contribution in [0.5, 0.6) is 0 Å². The Bertz CT molecular complexity index is 3200. The molecule has 86 heavy (non-hydrogen) atoms. The Morgan fingerprint density at radius 2 is 0.849 bits per heavy atom. The minimum atomic E-state index is -1.39. The van der Waals surface area contributed by atoms with Crippen LogP contribution in [-0.4, -0.2) is 145 Å². The number of carbonyl (C=O) groups excluding carboxylic acids is 7. The van der Waals surface area contributed by atoms with E-state index in [1.165, 1.54) is 30.6 Å². The van der Waals surface area contributed by atoms with Crippen LogP contribution in [0.15, 0.2) is 170 Å². The van der Waals surface area contributed by atoms with Gasteiger partial charge in [0, 0.05) is 66.1 Å². The second-order valence-corrected chi connectivity index (χ2v) is 23.3. The number of ether oxygens (including phenoxy) is 3. The Morgan fingerprint density at radius 3 is 1.21 bits per heavy atom. The van der Waals surface area contributed by atoms with E-state index in [2.05, 4.69) is 10.1 Å². The summed E-state index contributed by atoms with van der Waals surface area (Å²) in [7, 11) is 0. The highest BCUT2D eigenvalue weighted by Crippen LogP contribution is 2.28. The second kappa shape index (κ2) is 30.9. The van der Waals surface area contributed by atoms with Crippen LogP contribution in [0, 0.1) is 0 Å². The molecule has 2 aliphatic heterocycles. The van der Waals surface area contributed by atoms with Gasteiger partial charge in [0.15, 0.2) is 0 Å². The van der Waals surface area contributed by atoms with Gasteiger partial charge in [0.2, 0.25) is 17.7 Å². The maximum Gasteiger partial charge on any atom is 0.411 e. The van der Waals surface area contributed by atoms with Crippen LogP contribution in [0.3, 0.4) is 0 Å². The molecule has 0 unspecified atom stereocenters. The van der Waals surface area contributed by atoms with E-state index >= 15 is 0 Å². The number of nitrogens with zero attached hydrogens (tertiary/aromatic N) is 4. The van der Waals surface area contributed by atoms with Crippen LogP contribution < -0.4 is 11.1 Å². The van der Waals surface area contributed by atoms with Crippen molar-refractivity contribution in [1.82, 2.24) is 24.9 Å². The smallest absolute Gasteiger partial charge is 0.411 e. The van der Waals surface area contributed by atoms with Gasteiger partial charge < -0.3 is 45.3 Å². The number of nitrogens with one attached hydrogen (secondary N) is 1. The summed E-state index contributed by atoms with van der Waals surface area (Å²) < 4.78 is 15.2. The fourth-order valence-electron chi connectivity index (χ4n) is 10.1. The lowest BCUT2D eigenvalue weighted by molar-refractivity contribution is -0.156. The maximum atomic E-state index is 13.9. The molecular weight excluding hydrogens is 1090 g/mol. The molecule has 6 aromatic rings. The van der Waals surface area contributed by atoms with Crippen molar-refractivity contribution in [2.45, 2.75) is 136 Å². The molecule has 0 saturated carbocycles. The lowest BCUT2D eigenvalue weighted by Gasteiger charge is -2.44. The van der Waals surface area contributed by atoms with Gasteiger partial charge >= 0.3 is 24.1 Å². The topological polar surface area (TPSA) is 239 Å². The summed E-state index contributed by atoms with van der Waals surface area (Å²) in [6, 6.07) is 51.0. The summed E-state index contributed by atoms with van der Waals surface area (Å²) in [4.78, 5) is 91.9. The van der Waals surface area contributed by atoms with Gasteiger partial charge in [-0.3, -0.25) is 33.8 Å². The van der Waals surface area contributed by atoms with Gasteiger partial charge in [-0.05, 0) is 98.9 Å². The van der Waals surface area contributed by atoms with Crippen molar-refractivity contribution in [3.63, 3.8) is 0 Å². The Hall–Kier alpha value is -8.71. The van der Waals surface area contributed by atoms with Crippen LogP contribution in [0.4, 0.5) is 9.59 Å². The third kappa shape index (κ3) is 20.2. The summed E-state index contributed by atoms with van der Waals surface area (Å²) in [6.07, 6.45) is -3.39. The van der Waals surface area contributed by atoms with Gasteiger partial charge in [0.1, 0.15) is 29.4 Å². The number of carbonyl (C=O) groups is 7. The van der Waals surface area contributed by atoms with Gasteiger partial charge in [-0.2, -0.15) is 0 Å². The first-order chi connectivity index (χ1) is 40.8. The fraction of sp³-hybridized carbons (Fsp3) is 0.368. The highest BCUT2D eigenvalue weighted by atomic mass is 16.6. The Kier molecular flexibility index (Phi) is 23.9. The second-order valence-electron chi connectivity index (χ2n) is 23.3. The van der Waals surface area contributed by atoms with Crippen molar-refractivity contribution in [1.29, 1.82) is 0 Å². The largest absolute Gasteiger partial charge is 0.444 e. The molecule has 456 valence electrons. The molecule has 8 rings (SSSR count). The third-order valence-corrected chi connectivity index (χ3v) is 13.9. The number of esters is 2. The molecular formula is C68H82N6O12. The summed E-state index contributed by atoms with van der Waals surface area (Å²) in [5.74, 6) is -2.21. The van der Waals surface area contributed by atoms with E-state index < -0.39 is 77.6 Å². The summed E-state index contributed by atoms with van der Waals surface area (Å²) in [6.45, 7) is 16.1. The molecule has 0 aliphatic carbocycles. The van der Waals surface area contributed by atoms with Crippen LogP contribution in [0.1, 0.15) is 84.6 Å². The molecule has 18 heteroatoms. The normalized spacial score (nSPS) is 16.6. The van der Waals surface area contributed by atoms with Gasteiger partial charge in [0.05, 0.1) is 12.1 Å². The van der Waals surface area contributed by atoms with Crippen molar-refractivity contribution >= 4 is 41.8 Å². The number of amides is 5. The van der Waals surface area contributed by atoms with Crippen LogP contribution in [0.2, 0.25) is 0 Å². The van der Waals surface area contributed by atoms with Crippen molar-refractivity contribution in [2.24, 2.45) is 5.73 Å². The van der Waals surface area contributed by atoms with Gasteiger partial charge in [-0.15, -0.1) is 0 Å². The molecule has 2 saturated heterocycles. The summed E-state index contributed by atoms with van der Waals surface area (Å²) in [5.41, 5.74) is 12.9. The number of aliphatic hydroxyl groups is 2. The van der Waals surface area contributed by atoms with Crippen molar-refractivity contribution in [3.05, 3.63) is 192 Å². The van der Waals surface area contributed by atoms with E-state index in [1.54, 1.807) is 51.3 Å². The quantitative estimate of drug-likeness (QED) is 0.0428. The zero-order valence-corrected chi connectivity index (χ0v) is 50.6. The highest BCUT2D eigenvalue weighted by molar-refractivity contribution is 5.89. The number of benzene rings is 6. The first kappa shape index (κ1) is 66.4. The Morgan fingerprint density at radius 1 is 0.500 bits per heavy atom. The van der Waals surface area contributed by atoms with Crippen LogP contribution >= 0.6 is 0 Å². The number of nitrogens with two attached hydrogens (primary N) is 1. The Labute approximate surface area is 504 Å². The number of hydrogen-bond acceptors (Lipinski definition) is 13. The molecule has 2 heterocycles. The fourth-order valence-corrected chi connectivity index (χ4v) is 10.1. The standard InChI is InChI=1S/C33H39N3O5.C31H37N3O4.C4H6O3/c1-23(37)34-28(21-25-14-11-17-27(20-25)26-15-9-6-10-16-26)30(38)29-31(39)35(22-24-12-7-5-8-13-24)18-19-36(29)32(40)41-33(2,3)4;1-31(2,3)38-30(37)34-18-17-33(21-22-11-6-4-7-12-22)29(36)27(34)28(35)26(32)20-23-13-10-16-25(19-23)24-14-8-5-9-15-24;1-3(5)7-4(2)6/h5-17,20,28-30,38H,18-19,21-22H2,1-4H3,(H,34,37);4-16,19,26-28,35H,17-18,20-21,32H2,1-3H3;1-2H3/t28-,29-,30-;26-,27-,28-;/m00./s1. The van der Waals surface area contributed by atoms with Crippen LogP contribution in [0.25, 0.3) is 22.3 Å². The zero-order chi connectivity index (χ0) is 62.7. The SMILES string of the molecule is CC(=O)N[C@@H](Cc1cccc(-c2ccccc2)c1)[C@H](O)[C@H]1C(=O)N(Cc2ccccc2)CCN1C(=O)OC(C)(C)C.CC(=O)OC(C)=O.CC(C)(C)OC(=O)N1CCN(Cc2ccccc2)C(=O)[C@@H]1[C@@H](O)[C@@H](N)Cc1cccc(-c2ccccc2)c1. The number of hydrogen-bond donors (Lipinski definition) is 4. The van der Waals surface area contributed by atoms with Crippen LogP contribution in [-0.2, 0) is 64.1 Å². The summed E-state index contributed by atoms with van der Waals surface area (Å²) >= 11 is 0. The molecule has 5 N–H and O–H groups in total. The monoisotopic (exact) mass is 1170 g/mol. The first-order valence-corrected chi connectivity index (χ1v) is 28.8. The van der Waals surface area contributed by atoms with E-state index in [4.69, 9.17) is 15.2 Å². The van der Waals surface area contributed by atoms with E-state index in [1.807, 2.05) is 170 Å². The molecule has 5 amide bonds. The number of piperazine rings is 2. The highest BCUT2D eigenvalue weighted by Gasteiger charge is 2.47. The van der Waals surface area contributed by atoms with E-state index in [0.29, 0.717) is 32.6 Å². The third-order valence-electron chi connectivity index (χ3n) is 13.9. The molecule has 0 aromatic heterocycles. The Balaban J connectivity index is 0.000000248. The van der Waals surface area contributed by atoms with E-state index in [-0.39, 0.29) is 31.3 Å². The molecule has 2 aliphatic rings. The maximum absolute atomic E-state index is 13.9. The van der Waals surface area contributed by atoms with Crippen molar-refractivity contribution < 1.29 is 58.0 Å².